The molecule has 3 aliphatic rings. The van der Waals surface area contributed by atoms with Crippen LogP contribution in [0.4, 0.5) is 0 Å². The molecule has 3 aliphatic heterocycles. The van der Waals surface area contributed by atoms with Gasteiger partial charge in [-0.05, 0) is 25.0 Å². The van der Waals surface area contributed by atoms with Gasteiger partial charge in [0.1, 0.15) is 5.01 Å². The monoisotopic (exact) mass is 242 g/mol. The Morgan fingerprint density at radius 3 is 2.65 bits per heavy atom. The van der Waals surface area contributed by atoms with Crippen molar-refractivity contribution in [3.63, 3.8) is 0 Å². The van der Waals surface area contributed by atoms with Gasteiger partial charge in [-0.2, -0.15) is 0 Å². The lowest BCUT2D eigenvalue weighted by Crippen LogP contribution is -2.37. The highest BCUT2D eigenvalue weighted by Gasteiger charge is 2.26. The molecule has 0 radical (unpaired) electrons. The van der Waals surface area contributed by atoms with E-state index in [1.165, 1.54) is 41.2 Å². The van der Waals surface area contributed by atoms with E-state index in [1.807, 2.05) is 11.3 Å². The molecule has 0 spiro atoms. The molecule has 4 heterocycles. The van der Waals surface area contributed by atoms with Gasteiger partial charge in [-0.15, -0.1) is 11.3 Å². The Balaban J connectivity index is 1.86. The van der Waals surface area contributed by atoms with Crippen LogP contribution in [0.3, 0.4) is 0 Å². The molecule has 0 unspecified atom stereocenters. The minimum absolute atomic E-state index is 1.12. The van der Waals surface area contributed by atoms with Gasteiger partial charge < -0.3 is 0 Å². The van der Waals surface area contributed by atoms with Gasteiger partial charge in [-0.3, -0.25) is 4.90 Å². The number of rotatable bonds is 1. The van der Waals surface area contributed by atoms with Gasteiger partial charge in [0.25, 0.3) is 0 Å². The maximum Gasteiger partial charge on any atom is 0.121 e. The Bertz CT molecular complexity index is 568. The van der Waals surface area contributed by atoms with Crippen molar-refractivity contribution in [2.24, 2.45) is 0 Å². The summed E-state index contributed by atoms with van der Waals surface area (Å²) in [6.45, 7) is 3.63. The third kappa shape index (κ3) is 1.53. The molecule has 2 bridgehead atoms. The first kappa shape index (κ1) is 9.80. The predicted molar refractivity (Wildman–Crippen MR) is 72.2 cm³/mol. The number of para-hydroxylation sites is 1. The summed E-state index contributed by atoms with van der Waals surface area (Å²) in [4.78, 5) is 7.34. The fraction of sp³-hybridized carbons (Fsp3) is 0.357. The number of benzene rings is 1. The number of piperidine rings is 1. The molecule has 0 amide bonds. The summed E-state index contributed by atoms with van der Waals surface area (Å²) in [5, 5.41) is 1.26. The number of hydrogen-bond acceptors (Lipinski definition) is 3. The van der Waals surface area contributed by atoms with Gasteiger partial charge in [0, 0.05) is 25.2 Å². The van der Waals surface area contributed by atoms with Crippen molar-refractivity contribution in [1.29, 1.82) is 0 Å². The second-order valence-electron chi connectivity index (χ2n) is 4.84. The minimum Gasteiger partial charge on any atom is -0.298 e. The Morgan fingerprint density at radius 1 is 1.12 bits per heavy atom. The van der Waals surface area contributed by atoms with E-state index in [-0.39, 0.29) is 0 Å². The van der Waals surface area contributed by atoms with Crippen molar-refractivity contribution in [1.82, 2.24) is 9.88 Å². The molecule has 1 aromatic carbocycles. The summed E-state index contributed by atoms with van der Waals surface area (Å²) in [7, 11) is 0. The first-order valence-corrected chi connectivity index (χ1v) is 7.01. The fourth-order valence-electron chi connectivity index (χ4n) is 2.84. The fourth-order valence-corrected chi connectivity index (χ4v) is 3.89. The number of fused-ring (bicyclic) bond motifs is 4. The molecule has 0 aliphatic carbocycles. The van der Waals surface area contributed by atoms with Crippen molar-refractivity contribution < 1.29 is 0 Å². The van der Waals surface area contributed by atoms with Crippen LogP contribution in [0.1, 0.15) is 17.8 Å². The zero-order valence-electron chi connectivity index (χ0n) is 9.65. The van der Waals surface area contributed by atoms with E-state index in [0.29, 0.717) is 0 Å². The van der Waals surface area contributed by atoms with E-state index in [9.17, 15) is 0 Å². The standard InChI is InChI=1S/C14H14N2S/c1-2-4-13-12(3-1)15-14(17-13)11-9-16-7-5-10(11)6-8-16/h1-4H,5-9H2. The zero-order valence-corrected chi connectivity index (χ0v) is 10.5. The third-order valence-corrected chi connectivity index (χ3v) is 4.92. The van der Waals surface area contributed by atoms with E-state index in [1.54, 1.807) is 5.57 Å². The molecule has 3 heteroatoms. The Kier molecular flexibility index (Phi) is 2.11. The molecule has 17 heavy (non-hydrogen) atoms. The SMILES string of the molecule is c1ccc2sc(C3=C4CCN(CC4)C3)nc2c1. The lowest BCUT2D eigenvalue weighted by molar-refractivity contribution is 0.269. The van der Waals surface area contributed by atoms with E-state index in [0.717, 1.165) is 12.1 Å². The number of thiazole rings is 1. The summed E-state index contributed by atoms with van der Waals surface area (Å²) in [5.74, 6) is 0. The molecule has 1 saturated heterocycles. The van der Waals surface area contributed by atoms with Gasteiger partial charge in [-0.1, -0.05) is 17.7 Å². The lowest BCUT2D eigenvalue weighted by Gasteiger charge is -2.36. The summed E-state index contributed by atoms with van der Waals surface area (Å²) in [6.07, 6.45) is 2.51. The Morgan fingerprint density at radius 2 is 1.94 bits per heavy atom. The average molecular weight is 242 g/mol. The van der Waals surface area contributed by atoms with Crippen molar-refractivity contribution in [3.8, 4) is 0 Å². The molecule has 2 nitrogen and oxygen atoms in total. The Hall–Kier alpha value is -1.19. The van der Waals surface area contributed by atoms with Gasteiger partial charge >= 0.3 is 0 Å². The molecular weight excluding hydrogens is 228 g/mol. The molecule has 0 N–H and O–H groups in total. The van der Waals surface area contributed by atoms with Crippen LogP contribution in [0.25, 0.3) is 15.8 Å². The predicted octanol–water partition coefficient (Wildman–Crippen LogP) is 3.16. The molecule has 0 saturated carbocycles. The van der Waals surface area contributed by atoms with Crippen molar-refractivity contribution in [3.05, 3.63) is 34.8 Å². The second-order valence-corrected chi connectivity index (χ2v) is 5.88. The van der Waals surface area contributed by atoms with Crippen molar-refractivity contribution in [2.75, 3.05) is 19.6 Å². The van der Waals surface area contributed by atoms with E-state index in [2.05, 4.69) is 29.2 Å². The first-order chi connectivity index (χ1) is 8.40. The summed E-state index contributed by atoms with van der Waals surface area (Å²) >= 11 is 1.85. The van der Waals surface area contributed by atoms with Gasteiger partial charge in [-0.25, -0.2) is 4.98 Å². The molecule has 1 aromatic heterocycles. The number of nitrogens with zero attached hydrogens (tertiary/aromatic N) is 2. The van der Waals surface area contributed by atoms with Crippen molar-refractivity contribution >= 4 is 27.1 Å². The molecule has 1 fully saturated rings. The normalized spacial score (nSPS) is 20.5. The third-order valence-electron chi connectivity index (χ3n) is 3.82. The van der Waals surface area contributed by atoms with Crippen LogP contribution >= 0.6 is 11.3 Å². The molecule has 2 aromatic rings. The van der Waals surface area contributed by atoms with E-state index < -0.39 is 0 Å². The molecule has 0 atom stereocenters. The summed E-state index contributed by atoms with van der Waals surface area (Å²) in [5.41, 5.74) is 4.33. The van der Waals surface area contributed by atoms with Crippen LogP contribution in [-0.2, 0) is 0 Å². The molecular formula is C14H14N2S. The zero-order chi connectivity index (χ0) is 11.2. The average Bonchev–Trinajstić information content (AvgIpc) is 2.83. The highest BCUT2D eigenvalue weighted by molar-refractivity contribution is 7.19. The van der Waals surface area contributed by atoms with E-state index >= 15 is 0 Å². The van der Waals surface area contributed by atoms with Gasteiger partial charge in [0.2, 0.25) is 0 Å². The Labute approximate surface area is 105 Å². The van der Waals surface area contributed by atoms with Crippen molar-refractivity contribution in [2.45, 2.75) is 12.8 Å². The summed E-state index contributed by atoms with van der Waals surface area (Å²) < 4.78 is 1.31. The highest BCUT2D eigenvalue weighted by Crippen LogP contribution is 2.36. The van der Waals surface area contributed by atoms with Gasteiger partial charge in [0.15, 0.2) is 0 Å². The largest absolute Gasteiger partial charge is 0.298 e. The first-order valence-electron chi connectivity index (χ1n) is 6.19. The highest BCUT2D eigenvalue weighted by atomic mass is 32.1. The quantitative estimate of drug-likeness (QED) is 0.763. The maximum atomic E-state index is 4.79. The van der Waals surface area contributed by atoms with Crippen LogP contribution < -0.4 is 0 Å². The molecule has 86 valence electrons. The van der Waals surface area contributed by atoms with Gasteiger partial charge in [0.05, 0.1) is 10.2 Å². The lowest BCUT2D eigenvalue weighted by atomic mass is 9.92. The van der Waals surface area contributed by atoms with Crippen LogP contribution in [0.15, 0.2) is 29.8 Å². The minimum atomic E-state index is 1.12. The molecule has 5 rings (SSSR count). The topological polar surface area (TPSA) is 16.1 Å². The number of aromatic nitrogens is 1. The van der Waals surface area contributed by atoms with E-state index in [4.69, 9.17) is 4.98 Å². The smallest absolute Gasteiger partial charge is 0.121 e. The summed E-state index contributed by atoms with van der Waals surface area (Å²) in [6, 6.07) is 8.45. The second kappa shape index (κ2) is 3.65. The van der Waals surface area contributed by atoms with Crippen LogP contribution in [0.5, 0.6) is 0 Å². The van der Waals surface area contributed by atoms with Crippen LogP contribution in [0, 0.1) is 0 Å². The van der Waals surface area contributed by atoms with Crippen LogP contribution in [0.2, 0.25) is 0 Å². The van der Waals surface area contributed by atoms with Crippen LogP contribution in [-0.4, -0.2) is 29.5 Å². The maximum absolute atomic E-state index is 4.79. The number of hydrogen-bond donors (Lipinski definition) is 0.